The van der Waals surface area contributed by atoms with E-state index in [9.17, 15) is 4.79 Å². The molecule has 2 aromatic carbocycles. The van der Waals surface area contributed by atoms with Gasteiger partial charge in [-0.1, -0.05) is 48.5 Å². The normalized spacial score (nSPS) is 16.6. The fourth-order valence-electron chi connectivity index (χ4n) is 2.66. The maximum absolute atomic E-state index is 12.9. The summed E-state index contributed by atoms with van der Waals surface area (Å²) in [6.07, 6.45) is 2.34. The second-order valence-corrected chi connectivity index (χ2v) is 7.09. The Morgan fingerprint density at radius 2 is 1.70 bits per heavy atom. The Morgan fingerprint density at radius 1 is 1.09 bits per heavy atom. The predicted molar refractivity (Wildman–Crippen MR) is 95.2 cm³/mol. The van der Waals surface area contributed by atoms with Gasteiger partial charge in [0.1, 0.15) is 5.25 Å². The highest BCUT2D eigenvalue weighted by Crippen LogP contribution is 2.37. The molecule has 1 aliphatic rings. The molecule has 2 aromatic rings. The van der Waals surface area contributed by atoms with Crippen molar-refractivity contribution in [2.45, 2.75) is 29.0 Å². The van der Waals surface area contributed by atoms with Crippen LogP contribution in [0.5, 0.6) is 0 Å². The summed E-state index contributed by atoms with van der Waals surface area (Å²) in [7, 11) is 0. The Kier molecular flexibility index (Phi) is 5.36. The van der Waals surface area contributed by atoms with E-state index in [1.54, 1.807) is 11.8 Å². The van der Waals surface area contributed by atoms with Crippen LogP contribution in [-0.2, 0) is 4.79 Å². The van der Waals surface area contributed by atoms with Gasteiger partial charge < -0.3 is 11.1 Å². The van der Waals surface area contributed by atoms with Crippen LogP contribution in [0.3, 0.4) is 0 Å². The van der Waals surface area contributed by atoms with E-state index < -0.39 is 0 Å². The largest absolute Gasteiger partial charge is 0.351 e. The maximum atomic E-state index is 12.9. The average molecular weight is 326 g/mol. The first-order valence-electron chi connectivity index (χ1n) is 8.05. The molecular weight excluding hydrogens is 304 g/mol. The lowest BCUT2D eigenvalue weighted by Crippen LogP contribution is -2.43. The average Bonchev–Trinajstić information content (AvgIpc) is 3.44. The van der Waals surface area contributed by atoms with Gasteiger partial charge in [0, 0.05) is 17.5 Å². The zero-order chi connectivity index (χ0) is 16.1. The molecule has 2 atom stereocenters. The topological polar surface area (TPSA) is 55.1 Å². The van der Waals surface area contributed by atoms with Crippen molar-refractivity contribution in [2.24, 2.45) is 11.7 Å². The minimum absolute atomic E-state index is 0.0485. The van der Waals surface area contributed by atoms with Crippen LogP contribution in [0.15, 0.2) is 65.6 Å². The molecule has 1 fully saturated rings. The Bertz CT molecular complexity index is 628. The van der Waals surface area contributed by atoms with E-state index in [2.05, 4.69) is 5.32 Å². The molecular formula is C19H22N2OS. The molecule has 0 aromatic heterocycles. The third kappa shape index (κ3) is 4.36. The molecule has 1 amide bonds. The van der Waals surface area contributed by atoms with E-state index in [4.69, 9.17) is 5.73 Å². The summed E-state index contributed by atoms with van der Waals surface area (Å²) in [6.45, 7) is 0.508. The van der Waals surface area contributed by atoms with Crippen LogP contribution in [0, 0.1) is 5.92 Å². The lowest BCUT2D eigenvalue weighted by molar-refractivity contribution is -0.121. The van der Waals surface area contributed by atoms with Gasteiger partial charge in [-0.25, -0.2) is 0 Å². The van der Waals surface area contributed by atoms with E-state index in [0.29, 0.717) is 12.5 Å². The van der Waals surface area contributed by atoms with Gasteiger partial charge >= 0.3 is 0 Å². The fraction of sp³-hybridized carbons (Fsp3) is 0.316. The third-order valence-electron chi connectivity index (χ3n) is 4.11. The number of carbonyl (C=O) groups excluding carboxylic acids is 1. The number of nitrogens with one attached hydrogen (secondary N) is 1. The summed E-state index contributed by atoms with van der Waals surface area (Å²) in [4.78, 5) is 14.0. The van der Waals surface area contributed by atoms with Crippen LogP contribution in [0.1, 0.15) is 23.7 Å². The smallest absolute Gasteiger partial charge is 0.238 e. The summed E-state index contributed by atoms with van der Waals surface area (Å²) in [6, 6.07) is 20.1. The highest BCUT2D eigenvalue weighted by Gasteiger charge is 2.33. The van der Waals surface area contributed by atoms with Crippen molar-refractivity contribution in [1.82, 2.24) is 5.32 Å². The molecule has 0 bridgehead atoms. The Hall–Kier alpha value is -1.78. The number of benzene rings is 2. The Labute approximate surface area is 141 Å². The van der Waals surface area contributed by atoms with E-state index in [1.165, 1.54) is 12.8 Å². The first-order valence-corrected chi connectivity index (χ1v) is 8.93. The number of amides is 1. The van der Waals surface area contributed by atoms with E-state index >= 15 is 0 Å². The number of rotatable bonds is 7. The van der Waals surface area contributed by atoms with Crippen LogP contribution in [0.25, 0.3) is 0 Å². The van der Waals surface area contributed by atoms with E-state index in [-0.39, 0.29) is 17.2 Å². The highest BCUT2D eigenvalue weighted by atomic mass is 32.2. The minimum Gasteiger partial charge on any atom is -0.351 e. The molecule has 3 N–H and O–H groups in total. The molecule has 3 nitrogen and oxygen atoms in total. The Morgan fingerprint density at radius 3 is 2.26 bits per heavy atom. The summed E-state index contributed by atoms with van der Waals surface area (Å²) in [5.41, 5.74) is 6.85. The van der Waals surface area contributed by atoms with Crippen LogP contribution in [0.2, 0.25) is 0 Å². The molecule has 3 rings (SSSR count). The van der Waals surface area contributed by atoms with Crippen LogP contribution in [0.4, 0.5) is 0 Å². The van der Waals surface area contributed by atoms with Crippen molar-refractivity contribution in [1.29, 1.82) is 0 Å². The number of thioether (sulfide) groups is 1. The van der Waals surface area contributed by atoms with Gasteiger partial charge in [0.05, 0.1) is 0 Å². The summed E-state index contributed by atoms with van der Waals surface area (Å²) >= 11 is 1.58. The molecule has 23 heavy (non-hydrogen) atoms. The second-order valence-electron chi connectivity index (χ2n) is 5.91. The molecule has 4 heteroatoms. The summed E-state index contributed by atoms with van der Waals surface area (Å²) in [5, 5.41) is 2.90. The molecule has 1 saturated carbocycles. The van der Waals surface area contributed by atoms with E-state index in [1.807, 2.05) is 60.7 Å². The number of hydrogen-bond donors (Lipinski definition) is 2. The SMILES string of the molecule is NCC(NC(=O)C(Sc1ccccc1)c1ccccc1)C1CC1. The number of nitrogens with two attached hydrogens (primary N) is 1. The predicted octanol–water partition coefficient (Wildman–Crippen LogP) is 3.37. The van der Waals surface area contributed by atoms with Crippen molar-refractivity contribution < 1.29 is 4.79 Å². The quantitative estimate of drug-likeness (QED) is 0.767. The first kappa shape index (κ1) is 16.1. The minimum atomic E-state index is -0.258. The number of carbonyl (C=O) groups is 1. The summed E-state index contributed by atoms with van der Waals surface area (Å²) in [5.74, 6) is 0.606. The standard InChI is InChI=1S/C19H22N2OS/c20-13-17(14-11-12-14)21-19(22)18(15-7-3-1-4-8-15)23-16-9-5-2-6-10-16/h1-10,14,17-18H,11-13,20H2,(H,21,22). The van der Waals surface area contributed by atoms with Crippen LogP contribution in [-0.4, -0.2) is 18.5 Å². The third-order valence-corrected chi connectivity index (χ3v) is 5.38. The lowest BCUT2D eigenvalue weighted by Gasteiger charge is -2.22. The molecule has 0 radical (unpaired) electrons. The zero-order valence-electron chi connectivity index (χ0n) is 13.0. The van der Waals surface area contributed by atoms with Gasteiger partial charge in [-0.15, -0.1) is 11.8 Å². The molecule has 0 aliphatic heterocycles. The summed E-state index contributed by atoms with van der Waals surface area (Å²) < 4.78 is 0. The van der Waals surface area contributed by atoms with Crippen molar-refractivity contribution in [3.8, 4) is 0 Å². The molecule has 120 valence electrons. The maximum Gasteiger partial charge on any atom is 0.238 e. The van der Waals surface area contributed by atoms with Crippen molar-refractivity contribution in [2.75, 3.05) is 6.54 Å². The molecule has 0 spiro atoms. The van der Waals surface area contributed by atoms with Crippen molar-refractivity contribution >= 4 is 17.7 Å². The van der Waals surface area contributed by atoms with Gasteiger partial charge in [0.15, 0.2) is 0 Å². The zero-order valence-corrected chi connectivity index (χ0v) is 13.8. The second kappa shape index (κ2) is 7.66. The Balaban J connectivity index is 1.78. The highest BCUT2D eigenvalue weighted by molar-refractivity contribution is 8.00. The van der Waals surface area contributed by atoms with Crippen LogP contribution >= 0.6 is 11.8 Å². The van der Waals surface area contributed by atoms with Gasteiger partial charge in [0.25, 0.3) is 0 Å². The number of hydrogen-bond acceptors (Lipinski definition) is 3. The van der Waals surface area contributed by atoms with Gasteiger partial charge in [-0.3, -0.25) is 4.79 Å². The van der Waals surface area contributed by atoms with Crippen LogP contribution < -0.4 is 11.1 Å². The van der Waals surface area contributed by atoms with E-state index in [0.717, 1.165) is 10.5 Å². The van der Waals surface area contributed by atoms with Gasteiger partial charge in [-0.05, 0) is 36.5 Å². The molecule has 1 aliphatic carbocycles. The van der Waals surface area contributed by atoms with Gasteiger partial charge in [0.2, 0.25) is 5.91 Å². The first-order chi connectivity index (χ1) is 11.3. The van der Waals surface area contributed by atoms with Crippen molar-refractivity contribution in [3.05, 3.63) is 66.2 Å². The van der Waals surface area contributed by atoms with Crippen molar-refractivity contribution in [3.63, 3.8) is 0 Å². The monoisotopic (exact) mass is 326 g/mol. The molecule has 0 saturated heterocycles. The molecule has 2 unspecified atom stereocenters. The molecule has 0 heterocycles. The van der Waals surface area contributed by atoms with Gasteiger partial charge in [-0.2, -0.15) is 0 Å². The lowest BCUT2D eigenvalue weighted by atomic mass is 10.1. The fourth-order valence-corrected chi connectivity index (χ4v) is 3.72.